The maximum Gasteiger partial charge on any atom is 0.0461 e. The van der Waals surface area contributed by atoms with Gasteiger partial charge >= 0.3 is 0 Å². The molecule has 0 spiro atoms. The van der Waals surface area contributed by atoms with Crippen molar-refractivity contribution in [1.29, 1.82) is 0 Å². The Labute approximate surface area is 121 Å². The zero-order valence-corrected chi connectivity index (χ0v) is 14.0. The first-order valence-corrected chi connectivity index (χ1v) is 8.36. The molecule has 0 aromatic carbocycles. The van der Waals surface area contributed by atoms with E-state index in [4.69, 9.17) is 10.2 Å². The van der Waals surface area contributed by atoms with E-state index >= 15 is 0 Å². The normalized spacial score (nSPS) is 13.9. The van der Waals surface area contributed by atoms with Gasteiger partial charge in [0, 0.05) is 13.2 Å². The standard InChI is InChI=1S/C9H20O.C8H18O/c1-4-8(5-2)9(6-3)7-10;1-3-5-6-8(4-2)7-9/h8-10H,4-7H2,1-3H3;8-9H,3-7H2,1-2H3. The van der Waals surface area contributed by atoms with Crippen LogP contribution < -0.4 is 0 Å². The molecule has 0 amide bonds. The Balaban J connectivity index is 0. The molecular weight excluding hydrogens is 236 g/mol. The Morgan fingerprint density at radius 3 is 1.42 bits per heavy atom. The first kappa shape index (κ1) is 21.2. The molecule has 0 heterocycles. The van der Waals surface area contributed by atoms with Crippen molar-refractivity contribution in [2.45, 2.75) is 79.6 Å². The summed E-state index contributed by atoms with van der Waals surface area (Å²) in [6, 6.07) is 0. The number of rotatable bonds is 10. The van der Waals surface area contributed by atoms with Crippen LogP contribution in [0.1, 0.15) is 79.6 Å². The molecule has 0 saturated heterocycles. The van der Waals surface area contributed by atoms with Crippen molar-refractivity contribution in [3.8, 4) is 0 Å². The van der Waals surface area contributed by atoms with Crippen LogP contribution in [-0.2, 0) is 0 Å². The van der Waals surface area contributed by atoms with Gasteiger partial charge < -0.3 is 10.2 Å². The first-order valence-electron chi connectivity index (χ1n) is 8.36. The van der Waals surface area contributed by atoms with E-state index in [1.54, 1.807) is 0 Å². The summed E-state index contributed by atoms with van der Waals surface area (Å²) in [6.07, 6.45) is 8.35. The van der Waals surface area contributed by atoms with Gasteiger partial charge in [-0.1, -0.05) is 73.1 Å². The van der Waals surface area contributed by atoms with Crippen LogP contribution in [0.2, 0.25) is 0 Å². The van der Waals surface area contributed by atoms with Gasteiger partial charge in [-0.25, -0.2) is 0 Å². The highest BCUT2D eigenvalue weighted by Gasteiger charge is 2.14. The lowest BCUT2D eigenvalue weighted by molar-refractivity contribution is 0.164. The van der Waals surface area contributed by atoms with Crippen LogP contribution in [0.25, 0.3) is 0 Å². The summed E-state index contributed by atoms with van der Waals surface area (Å²) >= 11 is 0. The summed E-state index contributed by atoms with van der Waals surface area (Å²) in [6.45, 7) is 11.6. The average molecular weight is 274 g/mol. The van der Waals surface area contributed by atoms with Crippen LogP contribution in [0, 0.1) is 17.8 Å². The molecule has 2 unspecified atom stereocenters. The van der Waals surface area contributed by atoms with E-state index in [2.05, 4.69) is 34.6 Å². The van der Waals surface area contributed by atoms with Crippen molar-refractivity contribution >= 4 is 0 Å². The molecule has 0 saturated carbocycles. The van der Waals surface area contributed by atoms with E-state index in [1.807, 2.05) is 0 Å². The molecule has 0 bridgehead atoms. The Hall–Kier alpha value is -0.0800. The number of aliphatic hydroxyl groups is 2. The lowest BCUT2D eigenvalue weighted by atomic mass is 9.87. The fraction of sp³-hybridized carbons (Fsp3) is 1.00. The van der Waals surface area contributed by atoms with Crippen molar-refractivity contribution in [3.05, 3.63) is 0 Å². The van der Waals surface area contributed by atoms with Gasteiger partial charge in [0.05, 0.1) is 0 Å². The topological polar surface area (TPSA) is 40.5 Å². The Morgan fingerprint density at radius 1 is 0.684 bits per heavy atom. The molecule has 0 aromatic heterocycles. The molecule has 0 aliphatic carbocycles. The highest BCUT2D eigenvalue weighted by Crippen LogP contribution is 2.21. The monoisotopic (exact) mass is 274 g/mol. The largest absolute Gasteiger partial charge is 0.396 e. The average Bonchev–Trinajstić information content (AvgIpc) is 2.46. The summed E-state index contributed by atoms with van der Waals surface area (Å²) in [7, 11) is 0. The third kappa shape index (κ3) is 11.4. The molecule has 2 nitrogen and oxygen atoms in total. The Morgan fingerprint density at radius 2 is 1.21 bits per heavy atom. The fourth-order valence-corrected chi connectivity index (χ4v) is 2.48. The Bertz CT molecular complexity index is 137. The minimum atomic E-state index is 0.364. The van der Waals surface area contributed by atoms with Gasteiger partial charge in [0.25, 0.3) is 0 Å². The number of hydrogen-bond acceptors (Lipinski definition) is 2. The van der Waals surface area contributed by atoms with Crippen molar-refractivity contribution in [1.82, 2.24) is 0 Å². The third-order valence-corrected chi connectivity index (χ3v) is 4.28. The molecule has 0 rings (SSSR count). The van der Waals surface area contributed by atoms with Gasteiger partial charge in [-0.05, 0) is 24.2 Å². The molecule has 0 aliphatic rings. The molecule has 118 valence electrons. The van der Waals surface area contributed by atoms with Crippen LogP contribution in [0.4, 0.5) is 0 Å². The van der Waals surface area contributed by atoms with Crippen molar-refractivity contribution in [2.75, 3.05) is 13.2 Å². The minimum Gasteiger partial charge on any atom is -0.396 e. The zero-order valence-electron chi connectivity index (χ0n) is 14.0. The highest BCUT2D eigenvalue weighted by atomic mass is 16.3. The molecule has 2 N–H and O–H groups in total. The van der Waals surface area contributed by atoms with Gasteiger partial charge in [-0.15, -0.1) is 0 Å². The van der Waals surface area contributed by atoms with E-state index < -0.39 is 0 Å². The molecule has 2 atom stereocenters. The molecule has 0 aliphatic heterocycles. The number of unbranched alkanes of at least 4 members (excludes halogenated alkanes) is 1. The zero-order chi connectivity index (χ0) is 15.1. The quantitative estimate of drug-likeness (QED) is 0.609. The maximum atomic E-state index is 8.96. The molecule has 19 heavy (non-hydrogen) atoms. The second-order valence-electron chi connectivity index (χ2n) is 5.53. The van der Waals surface area contributed by atoms with Crippen LogP contribution in [0.3, 0.4) is 0 Å². The van der Waals surface area contributed by atoms with Crippen molar-refractivity contribution in [3.63, 3.8) is 0 Å². The Kier molecular flexibility index (Phi) is 17.8. The first-order chi connectivity index (χ1) is 9.14. The van der Waals surface area contributed by atoms with E-state index in [9.17, 15) is 0 Å². The SMILES string of the molecule is CCC(CC)C(CC)CO.CCCCC(CC)CO. The van der Waals surface area contributed by atoms with Crippen LogP contribution in [-0.4, -0.2) is 23.4 Å². The summed E-state index contributed by atoms with van der Waals surface area (Å²) in [5, 5.41) is 17.7. The van der Waals surface area contributed by atoms with Crippen molar-refractivity contribution in [2.24, 2.45) is 17.8 Å². The summed E-state index contributed by atoms with van der Waals surface area (Å²) in [5.74, 6) is 1.83. The molecular formula is C17H38O2. The van der Waals surface area contributed by atoms with E-state index in [0.29, 0.717) is 25.0 Å². The lowest BCUT2D eigenvalue weighted by Gasteiger charge is -2.21. The summed E-state index contributed by atoms with van der Waals surface area (Å²) in [5.41, 5.74) is 0. The predicted octanol–water partition coefficient (Wildman–Crippen LogP) is 4.64. The van der Waals surface area contributed by atoms with E-state index in [-0.39, 0.29) is 0 Å². The van der Waals surface area contributed by atoms with Gasteiger partial charge in [0.1, 0.15) is 0 Å². The summed E-state index contributed by atoms with van der Waals surface area (Å²) in [4.78, 5) is 0. The third-order valence-electron chi connectivity index (χ3n) is 4.28. The van der Waals surface area contributed by atoms with Crippen LogP contribution in [0.15, 0.2) is 0 Å². The van der Waals surface area contributed by atoms with E-state index in [1.165, 1.54) is 32.1 Å². The molecule has 0 fully saturated rings. The van der Waals surface area contributed by atoms with Crippen LogP contribution >= 0.6 is 0 Å². The highest BCUT2D eigenvalue weighted by molar-refractivity contribution is 4.64. The predicted molar refractivity (Wildman–Crippen MR) is 85.3 cm³/mol. The molecule has 2 heteroatoms. The number of hydrogen-bond donors (Lipinski definition) is 2. The summed E-state index contributed by atoms with van der Waals surface area (Å²) < 4.78 is 0. The van der Waals surface area contributed by atoms with Crippen molar-refractivity contribution < 1.29 is 10.2 Å². The van der Waals surface area contributed by atoms with Gasteiger partial charge in [0.15, 0.2) is 0 Å². The van der Waals surface area contributed by atoms with Gasteiger partial charge in [0.2, 0.25) is 0 Å². The van der Waals surface area contributed by atoms with Crippen LogP contribution in [0.5, 0.6) is 0 Å². The van der Waals surface area contributed by atoms with E-state index in [0.717, 1.165) is 18.8 Å². The minimum absolute atomic E-state index is 0.364. The smallest absolute Gasteiger partial charge is 0.0461 e. The second kappa shape index (κ2) is 16.0. The lowest BCUT2D eigenvalue weighted by Crippen LogP contribution is -2.16. The maximum absolute atomic E-state index is 8.96. The fourth-order valence-electron chi connectivity index (χ4n) is 2.48. The molecule has 0 aromatic rings. The van der Waals surface area contributed by atoms with Gasteiger partial charge in [-0.3, -0.25) is 0 Å². The molecule has 0 radical (unpaired) electrons. The number of aliphatic hydroxyl groups excluding tert-OH is 2. The second-order valence-corrected chi connectivity index (χ2v) is 5.53. The van der Waals surface area contributed by atoms with Gasteiger partial charge in [-0.2, -0.15) is 0 Å².